The summed E-state index contributed by atoms with van der Waals surface area (Å²) in [6, 6.07) is 26.0. The molecule has 3 aromatic rings. The van der Waals surface area contributed by atoms with E-state index >= 15 is 0 Å². The average Bonchev–Trinajstić information content (AvgIpc) is 2.98. The van der Waals surface area contributed by atoms with E-state index in [9.17, 15) is 0 Å². The first-order valence-electron chi connectivity index (χ1n) is 10.9. The Labute approximate surface area is 190 Å². The highest BCUT2D eigenvalue weighted by Crippen LogP contribution is 2.41. The molecule has 0 bridgehead atoms. The van der Waals surface area contributed by atoms with Gasteiger partial charge in [0, 0.05) is 23.2 Å². The quantitative estimate of drug-likeness (QED) is 0.436. The summed E-state index contributed by atoms with van der Waals surface area (Å²) in [6.07, 6.45) is 0.996. The number of benzene rings is 3. The van der Waals surface area contributed by atoms with Crippen LogP contribution in [0.25, 0.3) is 0 Å². The van der Waals surface area contributed by atoms with Crippen molar-refractivity contribution in [2.24, 2.45) is 0 Å². The van der Waals surface area contributed by atoms with Gasteiger partial charge in [-0.25, -0.2) is 0 Å². The van der Waals surface area contributed by atoms with E-state index in [2.05, 4.69) is 79.5 Å². The molecule has 1 unspecified atom stereocenters. The lowest BCUT2D eigenvalue weighted by Gasteiger charge is -2.28. The Morgan fingerprint density at radius 2 is 1.68 bits per heavy atom. The summed E-state index contributed by atoms with van der Waals surface area (Å²) in [5, 5.41) is 0. The van der Waals surface area contributed by atoms with Crippen molar-refractivity contribution in [2.45, 2.75) is 36.1 Å². The third-order valence-corrected chi connectivity index (χ3v) is 7.23. The van der Waals surface area contributed by atoms with E-state index in [0.29, 0.717) is 12.6 Å². The van der Waals surface area contributed by atoms with Gasteiger partial charge in [-0.1, -0.05) is 54.6 Å². The monoisotopic (exact) mass is 433 g/mol. The lowest BCUT2D eigenvalue weighted by atomic mass is 9.97. The summed E-state index contributed by atoms with van der Waals surface area (Å²) in [6.45, 7) is 3.93. The molecule has 1 aliphatic heterocycles. The van der Waals surface area contributed by atoms with Crippen LogP contribution >= 0.6 is 11.8 Å². The highest BCUT2D eigenvalue weighted by molar-refractivity contribution is 7.98. The van der Waals surface area contributed by atoms with Crippen LogP contribution in [0.2, 0.25) is 0 Å². The minimum Gasteiger partial charge on any atom is -0.497 e. The second-order valence-corrected chi connectivity index (χ2v) is 9.18. The molecule has 0 saturated carbocycles. The fourth-order valence-corrected chi connectivity index (χ4v) is 5.02. The molecule has 31 heavy (non-hydrogen) atoms. The molecule has 0 saturated heterocycles. The zero-order valence-corrected chi connectivity index (χ0v) is 19.4. The number of ether oxygens (including phenoxy) is 2. The summed E-state index contributed by atoms with van der Waals surface area (Å²) in [5.74, 6) is 1.89. The van der Waals surface area contributed by atoms with E-state index in [4.69, 9.17) is 9.47 Å². The van der Waals surface area contributed by atoms with Gasteiger partial charge in [-0.15, -0.1) is 11.8 Å². The molecule has 0 fully saturated rings. The summed E-state index contributed by atoms with van der Waals surface area (Å²) in [5.41, 5.74) is 5.28. The molecule has 4 rings (SSSR count). The maximum atomic E-state index is 6.61. The van der Waals surface area contributed by atoms with Gasteiger partial charge >= 0.3 is 0 Å². The second-order valence-electron chi connectivity index (χ2n) is 8.17. The lowest BCUT2D eigenvalue weighted by molar-refractivity contribution is 0.0369. The number of hydrogen-bond acceptors (Lipinski definition) is 4. The van der Waals surface area contributed by atoms with E-state index < -0.39 is 0 Å². The van der Waals surface area contributed by atoms with Crippen molar-refractivity contribution in [3.8, 4) is 5.75 Å². The van der Waals surface area contributed by atoms with Crippen LogP contribution in [0.5, 0.6) is 5.75 Å². The van der Waals surface area contributed by atoms with Crippen molar-refractivity contribution in [3.63, 3.8) is 0 Å². The Bertz CT molecular complexity index is 941. The molecule has 0 spiro atoms. The van der Waals surface area contributed by atoms with Gasteiger partial charge < -0.3 is 14.4 Å². The molecular weight excluding hydrogens is 402 g/mol. The molecule has 0 radical (unpaired) electrons. The smallest absolute Gasteiger partial charge is 0.118 e. The van der Waals surface area contributed by atoms with Crippen LogP contribution in [0.4, 0.5) is 0 Å². The zero-order valence-electron chi connectivity index (χ0n) is 18.6. The van der Waals surface area contributed by atoms with Gasteiger partial charge in [0.15, 0.2) is 0 Å². The van der Waals surface area contributed by atoms with Crippen molar-refractivity contribution in [3.05, 3.63) is 95.1 Å². The van der Waals surface area contributed by atoms with Crippen molar-refractivity contribution in [1.29, 1.82) is 0 Å². The molecule has 1 aliphatic rings. The lowest BCUT2D eigenvalue weighted by Crippen LogP contribution is -2.35. The zero-order chi connectivity index (χ0) is 21.6. The van der Waals surface area contributed by atoms with Crippen molar-refractivity contribution in [2.75, 3.05) is 27.3 Å². The molecule has 3 nitrogen and oxygen atoms in total. The fourth-order valence-electron chi connectivity index (χ4n) is 3.93. The van der Waals surface area contributed by atoms with Crippen LogP contribution in [0.1, 0.15) is 35.3 Å². The first kappa shape index (κ1) is 21.9. The number of fused-ring (bicyclic) bond motifs is 2. The number of likely N-dealkylation sites (N-methyl/N-ethyl adjacent to an activating group) is 1. The maximum Gasteiger partial charge on any atom is 0.118 e. The SMILES string of the molecule is COc1ccc(CCN(C)[C@@H](C)COC2c3ccccc3CSc3ccccc32)cc1. The largest absolute Gasteiger partial charge is 0.497 e. The van der Waals surface area contributed by atoms with Gasteiger partial charge in [-0.3, -0.25) is 0 Å². The van der Waals surface area contributed by atoms with Gasteiger partial charge in [0.2, 0.25) is 0 Å². The highest BCUT2D eigenvalue weighted by atomic mass is 32.2. The summed E-state index contributed by atoms with van der Waals surface area (Å²) in [7, 11) is 3.89. The summed E-state index contributed by atoms with van der Waals surface area (Å²) >= 11 is 1.91. The Balaban J connectivity index is 1.40. The molecule has 2 atom stereocenters. The van der Waals surface area contributed by atoms with Gasteiger partial charge in [0.1, 0.15) is 11.9 Å². The van der Waals surface area contributed by atoms with Crippen LogP contribution < -0.4 is 4.74 Å². The van der Waals surface area contributed by atoms with Gasteiger partial charge in [-0.05, 0) is 60.8 Å². The molecule has 162 valence electrons. The van der Waals surface area contributed by atoms with Crippen LogP contribution in [-0.4, -0.2) is 38.3 Å². The molecule has 0 aromatic heterocycles. The van der Waals surface area contributed by atoms with Gasteiger partial charge in [-0.2, -0.15) is 0 Å². The highest BCUT2D eigenvalue weighted by Gasteiger charge is 2.25. The van der Waals surface area contributed by atoms with Crippen molar-refractivity contribution >= 4 is 11.8 Å². The molecule has 0 N–H and O–H groups in total. The predicted molar refractivity (Wildman–Crippen MR) is 129 cm³/mol. The molecule has 3 aromatic carbocycles. The van der Waals surface area contributed by atoms with E-state index in [1.807, 2.05) is 23.9 Å². The first-order chi connectivity index (χ1) is 15.2. The van der Waals surface area contributed by atoms with Gasteiger partial charge in [0.05, 0.1) is 13.7 Å². The number of hydrogen-bond donors (Lipinski definition) is 0. The van der Waals surface area contributed by atoms with E-state index in [1.54, 1.807) is 7.11 Å². The first-order valence-corrected chi connectivity index (χ1v) is 11.9. The average molecular weight is 434 g/mol. The Kier molecular flexibility index (Phi) is 7.33. The minimum atomic E-state index is -0.0140. The number of nitrogens with zero attached hydrogens (tertiary/aromatic N) is 1. The molecule has 1 heterocycles. The van der Waals surface area contributed by atoms with E-state index in [1.165, 1.54) is 27.1 Å². The fraction of sp³-hybridized carbons (Fsp3) is 0.333. The van der Waals surface area contributed by atoms with E-state index in [-0.39, 0.29) is 6.10 Å². The molecule has 4 heteroatoms. The third-order valence-electron chi connectivity index (χ3n) is 6.09. The molecular formula is C27H31NO2S. The Morgan fingerprint density at radius 1 is 0.968 bits per heavy atom. The third kappa shape index (κ3) is 5.32. The number of rotatable bonds is 8. The summed E-state index contributed by atoms with van der Waals surface area (Å²) in [4.78, 5) is 3.71. The van der Waals surface area contributed by atoms with Crippen LogP contribution in [0.3, 0.4) is 0 Å². The van der Waals surface area contributed by atoms with Gasteiger partial charge in [0.25, 0.3) is 0 Å². The molecule has 0 aliphatic carbocycles. The molecule has 0 amide bonds. The van der Waals surface area contributed by atoms with Crippen LogP contribution in [-0.2, 0) is 16.9 Å². The normalized spacial score (nSPS) is 16.3. The van der Waals surface area contributed by atoms with Crippen molar-refractivity contribution < 1.29 is 9.47 Å². The second kappa shape index (κ2) is 10.4. The van der Waals surface area contributed by atoms with Crippen LogP contribution in [0.15, 0.2) is 77.7 Å². The van der Waals surface area contributed by atoms with Crippen molar-refractivity contribution in [1.82, 2.24) is 4.90 Å². The Morgan fingerprint density at radius 3 is 2.45 bits per heavy atom. The standard InChI is InChI=1S/C27H31NO2S/c1-20(28(2)17-16-21-12-14-23(29-3)15-13-21)18-30-27-24-9-5-4-8-22(24)19-31-26-11-7-6-10-25(26)27/h4-15,20,27H,16-19H2,1-3H3/t20-,27?/m0/s1. The number of methoxy groups -OCH3 is 1. The minimum absolute atomic E-state index is 0.0140. The summed E-state index contributed by atoms with van der Waals surface area (Å²) < 4.78 is 11.9. The van der Waals surface area contributed by atoms with Crippen LogP contribution in [0, 0.1) is 0 Å². The predicted octanol–water partition coefficient (Wildman–Crippen LogP) is 5.97. The van der Waals surface area contributed by atoms with E-state index in [0.717, 1.165) is 24.5 Å². The topological polar surface area (TPSA) is 21.7 Å². The Hall–Kier alpha value is -2.27. The number of thioether (sulfide) groups is 1. The maximum absolute atomic E-state index is 6.61.